The number of carbonyl (C=O) groups is 1. The van der Waals surface area contributed by atoms with E-state index in [0.29, 0.717) is 29.2 Å². The number of benzene rings is 3. The van der Waals surface area contributed by atoms with E-state index in [0.717, 1.165) is 28.7 Å². The van der Waals surface area contributed by atoms with Crippen LogP contribution in [0.1, 0.15) is 49.7 Å². The Labute approximate surface area is 218 Å². The molecule has 1 N–H and O–H groups in total. The summed E-state index contributed by atoms with van der Waals surface area (Å²) in [7, 11) is 0. The monoisotopic (exact) mass is 502 g/mol. The third-order valence-electron chi connectivity index (χ3n) is 7.21. The van der Waals surface area contributed by atoms with E-state index in [1.54, 1.807) is 18.2 Å². The number of aliphatic hydroxyl groups is 1. The van der Waals surface area contributed by atoms with Crippen LogP contribution in [0.25, 0.3) is 22.3 Å². The fourth-order valence-corrected chi connectivity index (χ4v) is 5.01. The topological polar surface area (TPSA) is 55.8 Å². The molecule has 0 spiro atoms. The molecule has 37 heavy (non-hydrogen) atoms. The standard InChI is InChI=1S/C32H35FO4/c1-3-32(35)37-19-18-36-31-21-28(13-12-26(31)16-17-34)29-15-14-27(20-30(29)33)25-10-8-24(9-11-25)23-6-4-22(2)5-7-23/h3,8-15,20-23,34H,1,4-7,16-19H2,2H3. The third-order valence-corrected chi connectivity index (χ3v) is 7.21. The zero-order valence-corrected chi connectivity index (χ0v) is 21.4. The Morgan fingerprint density at radius 2 is 1.68 bits per heavy atom. The molecule has 0 heterocycles. The predicted molar refractivity (Wildman–Crippen MR) is 145 cm³/mol. The van der Waals surface area contributed by atoms with E-state index in [4.69, 9.17) is 9.47 Å². The number of hydrogen-bond acceptors (Lipinski definition) is 4. The summed E-state index contributed by atoms with van der Waals surface area (Å²) in [6, 6.07) is 19.3. The average Bonchev–Trinajstić information content (AvgIpc) is 2.92. The van der Waals surface area contributed by atoms with Crippen molar-refractivity contribution in [3.63, 3.8) is 0 Å². The van der Waals surface area contributed by atoms with Gasteiger partial charge in [0, 0.05) is 18.2 Å². The van der Waals surface area contributed by atoms with Crippen LogP contribution in [0.15, 0.2) is 73.3 Å². The van der Waals surface area contributed by atoms with Gasteiger partial charge in [0.15, 0.2) is 0 Å². The van der Waals surface area contributed by atoms with Gasteiger partial charge in [0.25, 0.3) is 0 Å². The van der Waals surface area contributed by atoms with Gasteiger partial charge in [-0.15, -0.1) is 0 Å². The van der Waals surface area contributed by atoms with Crippen LogP contribution < -0.4 is 4.74 Å². The lowest BCUT2D eigenvalue weighted by Crippen LogP contribution is -2.11. The number of rotatable bonds is 10. The van der Waals surface area contributed by atoms with Crippen molar-refractivity contribution < 1.29 is 23.8 Å². The Morgan fingerprint density at radius 3 is 2.35 bits per heavy atom. The fourth-order valence-electron chi connectivity index (χ4n) is 5.01. The summed E-state index contributed by atoms with van der Waals surface area (Å²) in [4.78, 5) is 11.2. The van der Waals surface area contributed by atoms with Crippen molar-refractivity contribution in [1.82, 2.24) is 0 Å². The molecule has 194 valence electrons. The zero-order chi connectivity index (χ0) is 26.2. The maximum atomic E-state index is 15.3. The lowest BCUT2D eigenvalue weighted by atomic mass is 9.79. The van der Waals surface area contributed by atoms with Gasteiger partial charge in [-0.05, 0) is 71.0 Å². The van der Waals surface area contributed by atoms with E-state index in [-0.39, 0.29) is 25.6 Å². The number of carbonyl (C=O) groups excluding carboxylic acids is 1. The Bertz CT molecular complexity index is 1210. The van der Waals surface area contributed by atoms with Gasteiger partial charge in [-0.1, -0.05) is 74.9 Å². The first-order valence-electron chi connectivity index (χ1n) is 13.0. The van der Waals surface area contributed by atoms with Crippen molar-refractivity contribution in [2.45, 2.75) is 44.9 Å². The van der Waals surface area contributed by atoms with Crippen LogP contribution in [-0.4, -0.2) is 30.9 Å². The van der Waals surface area contributed by atoms with Gasteiger partial charge in [-0.3, -0.25) is 0 Å². The van der Waals surface area contributed by atoms with Crippen molar-refractivity contribution in [2.75, 3.05) is 19.8 Å². The summed E-state index contributed by atoms with van der Waals surface area (Å²) >= 11 is 0. The van der Waals surface area contributed by atoms with Gasteiger partial charge in [-0.25, -0.2) is 9.18 Å². The van der Waals surface area contributed by atoms with Crippen LogP contribution in [0, 0.1) is 11.7 Å². The molecular weight excluding hydrogens is 467 g/mol. The second kappa shape index (κ2) is 12.7. The van der Waals surface area contributed by atoms with Crippen molar-refractivity contribution >= 4 is 5.97 Å². The maximum absolute atomic E-state index is 15.3. The lowest BCUT2D eigenvalue weighted by molar-refractivity contribution is -0.138. The molecule has 5 heteroatoms. The van der Waals surface area contributed by atoms with E-state index in [1.807, 2.05) is 18.2 Å². The number of esters is 1. The molecule has 4 rings (SSSR count). The summed E-state index contributed by atoms with van der Waals surface area (Å²) < 4.78 is 26.1. The summed E-state index contributed by atoms with van der Waals surface area (Å²) in [5.74, 6) is 1.14. The molecule has 1 aliphatic rings. The van der Waals surface area contributed by atoms with Gasteiger partial charge in [0.05, 0.1) is 0 Å². The molecule has 0 aromatic heterocycles. The van der Waals surface area contributed by atoms with Crippen LogP contribution >= 0.6 is 0 Å². The van der Waals surface area contributed by atoms with Gasteiger partial charge in [-0.2, -0.15) is 0 Å². The van der Waals surface area contributed by atoms with Crippen LogP contribution in [-0.2, 0) is 16.0 Å². The van der Waals surface area contributed by atoms with Crippen molar-refractivity contribution in [2.24, 2.45) is 5.92 Å². The summed E-state index contributed by atoms with van der Waals surface area (Å²) in [5.41, 5.74) is 5.14. The fraction of sp³-hybridized carbons (Fsp3) is 0.344. The lowest BCUT2D eigenvalue weighted by Gasteiger charge is -2.26. The molecule has 1 aliphatic carbocycles. The molecule has 4 nitrogen and oxygen atoms in total. The molecule has 0 radical (unpaired) electrons. The third kappa shape index (κ3) is 6.86. The Kier molecular flexibility index (Phi) is 9.13. The second-order valence-corrected chi connectivity index (χ2v) is 9.79. The van der Waals surface area contributed by atoms with Crippen molar-refractivity contribution in [1.29, 1.82) is 0 Å². The quantitative estimate of drug-likeness (QED) is 0.183. The average molecular weight is 503 g/mol. The Morgan fingerprint density at radius 1 is 0.973 bits per heavy atom. The molecule has 3 aromatic rings. The predicted octanol–water partition coefficient (Wildman–Crippen LogP) is 7.10. The van der Waals surface area contributed by atoms with E-state index in [2.05, 4.69) is 37.8 Å². The van der Waals surface area contributed by atoms with E-state index >= 15 is 4.39 Å². The summed E-state index contributed by atoms with van der Waals surface area (Å²) in [6.07, 6.45) is 6.56. The summed E-state index contributed by atoms with van der Waals surface area (Å²) in [5, 5.41) is 9.40. The first-order valence-corrected chi connectivity index (χ1v) is 13.0. The highest BCUT2D eigenvalue weighted by atomic mass is 19.1. The highest BCUT2D eigenvalue weighted by Gasteiger charge is 2.19. The molecular formula is C32H35FO4. The van der Waals surface area contributed by atoms with Crippen LogP contribution in [0.2, 0.25) is 0 Å². The van der Waals surface area contributed by atoms with Gasteiger partial charge in [0.1, 0.15) is 24.8 Å². The maximum Gasteiger partial charge on any atom is 0.330 e. The molecule has 3 aromatic carbocycles. The van der Waals surface area contributed by atoms with E-state index in [1.165, 1.54) is 31.2 Å². The van der Waals surface area contributed by atoms with Crippen LogP contribution in [0.5, 0.6) is 5.75 Å². The SMILES string of the molecule is C=CC(=O)OCCOc1cc(-c2ccc(-c3ccc(C4CCC(C)CC4)cc3)cc2F)ccc1CCO. The van der Waals surface area contributed by atoms with E-state index < -0.39 is 5.97 Å². The zero-order valence-electron chi connectivity index (χ0n) is 21.4. The highest BCUT2D eigenvalue weighted by Crippen LogP contribution is 2.37. The molecule has 0 atom stereocenters. The van der Waals surface area contributed by atoms with Crippen molar-refractivity contribution in [3.8, 4) is 28.0 Å². The molecule has 0 unspecified atom stereocenters. The minimum absolute atomic E-state index is 0.0388. The summed E-state index contributed by atoms with van der Waals surface area (Å²) in [6.45, 7) is 5.86. The molecule has 1 saturated carbocycles. The number of hydrogen-bond donors (Lipinski definition) is 1. The van der Waals surface area contributed by atoms with Crippen LogP contribution in [0.4, 0.5) is 4.39 Å². The number of halogens is 1. The van der Waals surface area contributed by atoms with Crippen molar-refractivity contribution in [3.05, 3.63) is 90.3 Å². The first-order chi connectivity index (χ1) is 18.0. The highest BCUT2D eigenvalue weighted by molar-refractivity contribution is 5.81. The number of aliphatic hydroxyl groups excluding tert-OH is 1. The smallest absolute Gasteiger partial charge is 0.330 e. The van der Waals surface area contributed by atoms with Gasteiger partial charge in [0.2, 0.25) is 0 Å². The molecule has 1 fully saturated rings. The van der Waals surface area contributed by atoms with Gasteiger partial charge >= 0.3 is 5.97 Å². The second-order valence-electron chi connectivity index (χ2n) is 9.79. The molecule has 0 bridgehead atoms. The number of ether oxygens (including phenoxy) is 2. The molecule has 0 saturated heterocycles. The molecule has 0 amide bonds. The Balaban J connectivity index is 1.49. The largest absolute Gasteiger partial charge is 0.490 e. The van der Waals surface area contributed by atoms with Crippen LogP contribution in [0.3, 0.4) is 0 Å². The molecule has 0 aliphatic heterocycles. The van der Waals surface area contributed by atoms with E-state index in [9.17, 15) is 9.90 Å². The minimum atomic E-state index is -0.520. The first kappa shape index (κ1) is 26.6. The van der Waals surface area contributed by atoms with Gasteiger partial charge < -0.3 is 14.6 Å². The normalized spacial score (nSPS) is 17.3. The minimum Gasteiger partial charge on any atom is -0.490 e. The Hall–Kier alpha value is -3.44.